The lowest BCUT2D eigenvalue weighted by molar-refractivity contribution is -0.135. The Kier molecular flexibility index (Phi) is 6.23. The van der Waals surface area contributed by atoms with Crippen molar-refractivity contribution in [3.05, 3.63) is 108 Å². The van der Waals surface area contributed by atoms with Crippen LogP contribution in [0.4, 0.5) is 0 Å². The SMILES string of the molecule is COc1ccc([C@H]2CC(c3ccc4ccccc4c3)=NN2C(=O)COc2ccc(-n3cnnn3)cc2)cc1. The molecule has 6 rings (SSSR count). The van der Waals surface area contributed by atoms with Crippen LogP contribution in [0.15, 0.2) is 102 Å². The zero-order valence-electron chi connectivity index (χ0n) is 20.6. The van der Waals surface area contributed by atoms with Crippen LogP contribution in [0.25, 0.3) is 16.5 Å². The van der Waals surface area contributed by atoms with Gasteiger partial charge in [-0.3, -0.25) is 4.79 Å². The molecular formula is C29H24N6O3. The monoisotopic (exact) mass is 504 g/mol. The molecule has 0 spiro atoms. The number of benzene rings is 4. The lowest BCUT2D eigenvalue weighted by Gasteiger charge is -2.22. The van der Waals surface area contributed by atoms with E-state index in [-0.39, 0.29) is 18.6 Å². The second-order valence-corrected chi connectivity index (χ2v) is 8.88. The molecule has 2 heterocycles. The summed E-state index contributed by atoms with van der Waals surface area (Å²) in [5.41, 5.74) is 3.62. The fourth-order valence-electron chi connectivity index (χ4n) is 4.56. The molecule has 9 heteroatoms. The number of rotatable bonds is 7. The number of fused-ring (bicyclic) bond motifs is 1. The maximum absolute atomic E-state index is 13.4. The Morgan fingerprint density at radius 1 is 0.921 bits per heavy atom. The quantitative estimate of drug-likeness (QED) is 0.322. The van der Waals surface area contributed by atoms with E-state index < -0.39 is 0 Å². The van der Waals surface area contributed by atoms with E-state index in [1.807, 2.05) is 48.5 Å². The third kappa shape index (κ3) is 4.69. The Morgan fingerprint density at radius 2 is 1.68 bits per heavy atom. The van der Waals surface area contributed by atoms with Gasteiger partial charge in [0.2, 0.25) is 0 Å². The van der Waals surface area contributed by atoms with E-state index in [0.717, 1.165) is 39.0 Å². The van der Waals surface area contributed by atoms with Gasteiger partial charge in [-0.15, -0.1) is 5.10 Å². The summed E-state index contributed by atoms with van der Waals surface area (Å²) in [5, 5.41) is 19.8. The number of carbonyl (C=O) groups excluding carboxylic acids is 1. The van der Waals surface area contributed by atoms with E-state index in [1.165, 1.54) is 6.33 Å². The maximum Gasteiger partial charge on any atom is 0.281 e. The van der Waals surface area contributed by atoms with Gasteiger partial charge in [-0.25, -0.2) is 9.69 Å². The summed E-state index contributed by atoms with van der Waals surface area (Å²) in [6.45, 7) is -0.147. The molecule has 0 radical (unpaired) electrons. The second-order valence-electron chi connectivity index (χ2n) is 8.88. The zero-order valence-corrected chi connectivity index (χ0v) is 20.6. The Bertz CT molecular complexity index is 1600. The van der Waals surface area contributed by atoms with E-state index in [1.54, 1.807) is 28.9 Å². The summed E-state index contributed by atoms with van der Waals surface area (Å²) in [5.74, 6) is 1.09. The predicted octanol–water partition coefficient (Wildman–Crippen LogP) is 4.58. The second kappa shape index (κ2) is 10.1. The van der Waals surface area contributed by atoms with Crippen molar-refractivity contribution in [3.63, 3.8) is 0 Å². The molecule has 1 amide bonds. The fourth-order valence-corrected chi connectivity index (χ4v) is 4.56. The van der Waals surface area contributed by atoms with Crippen molar-refractivity contribution in [1.29, 1.82) is 0 Å². The van der Waals surface area contributed by atoms with Gasteiger partial charge in [0.05, 0.1) is 24.6 Å². The molecule has 188 valence electrons. The predicted molar refractivity (Wildman–Crippen MR) is 142 cm³/mol. The van der Waals surface area contributed by atoms with Crippen LogP contribution in [0.2, 0.25) is 0 Å². The lowest BCUT2D eigenvalue weighted by atomic mass is 9.97. The number of amides is 1. The van der Waals surface area contributed by atoms with Gasteiger partial charge in [0, 0.05) is 6.42 Å². The number of aromatic nitrogens is 4. The van der Waals surface area contributed by atoms with Gasteiger partial charge in [-0.1, -0.05) is 48.5 Å². The number of ether oxygens (including phenoxy) is 2. The Hall–Kier alpha value is -5.05. The Labute approximate surface area is 218 Å². The van der Waals surface area contributed by atoms with E-state index in [4.69, 9.17) is 14.6 Å². The van der Waals surface area contributed by atoms with Crippen LogP contribution in [-0.4, -0.2) is 50.6 Å². The highest BCUT2D eigenvalue weighted by Gasteiger charge is 2.33. The minimum Gasteiger partial charge on any atom is -0.497 e. The van der Waals surface area contributed by atoms with Gasteiger partial charge in [0.25, 0.3) is 5.91 Å². The van der Waals surface area contributed by atoms with E-state index >= 15 is 0 Å². The topological polar surface area (TPSA) is 94.7 Å². The number of nitrogens with zero attached hydrogens (tertiary/aromatic N) is 6. The molecule has 5 aromatic rings. The van der Waals surface area contributed by atoms with E-state index in [9.17, 15) is 4.79 Å². The number of tetrazole rings is 1. The Morgan fingerprint density at radius 3 is 2.42 bits per heavy atom. The number of hydrogen-bond donors (Lipinski definition) is 0. The molecule has 9 nitrogen and oxygen atoms in total. The molecular weight excluding hydrogens is 480 g/mol. The summed E-state index contributed by atoms with van der Waals surface area (Å²) in [6, 6.07) is 29.2. The molecule has 0 fully saturated rings. The van der Waals surface area contributed by atoms with Crippen molar-refractivity contribution < 1.29 is 14.3 Å². The van der Waals surface area contributed by atoms with Crippen LogP contribution in [0, 0.1) is 0 Å². The van der Waals surface area contributed by atoms with Crippen LogP contribution in [0.3, 0.4) is 0 Å². The number of methoxy groups -OCH3 is 1. The molecule has 1 aliphatic heterocycles. The third-order valence-corrected chi connectivity index (χ3v) is 6.56. The molecule has 1 aliphatic rings. The smallest absolute Gasteiger partial charge is 0.281 e. The highest BCUT2D eigenvalue weighted by Crippen LogP contribution is 2.34. The van der Waals surface area contributed by atoms with Crippen molar-refractivity contribution >= 4 is 22.4 Å². The van der Waals surface area contributed by atoms with Crippen LogP contribution in [0.5, 0.6) is 11.5 Å². The average Bonchev–Trinajstić information content (AvgIpc) is 3.67. The first kappa shape index (κ1) is 23.4. The van der Waals surface area contributed by atoms with Crippen LogP contribution in [-0.2, 0) is 4.79 Å². The van der Waals surface area contributed by atoms with Gasteiger partial charge in [0.15, 0.2) is 6.61 Å². The number of hydrogen-bond acceptors (Lipinski definition) is 7. The van der Waals surface area contributed by atoms with Crippen molar-refractivity contribution in [1.82, 2.24) is 25.2 Å². The standard InChI is InChI=1S/C29H24N6O3/c1-37-25-12-8-21(9-13-25)28-17-27(23-7-6-20-4-2-3-5-22(20)16-23)31-35(28)29(36)18-38-26-14-10-24(11-15-26)34-19-30-32-33-34/h2-16,19,28H,17-18H2,1H3/t28-/m1/s1. The molecule has 0 saturated heterocycles. The number of carbonyl (C=O) groups is 1. The van der Waals surface area contributed by atoms with Crippen molar-refractivity contribution in [2.45, 2.75) is 12.5 Å². The summed E-state index contributed by atoms with van der Waals surface area (Å²) in [6.07, 6.45) is 2.11. The van der Waals surface area contributed by atoms with Gasteiger partial charge in [0.1, 0.15) is 17.8 Å². The summed E-state index contributed by atoms with van der Waals surface area (Å²) in [7, 11) is 1.63. The summed E-state index contributed by atoms with van der Waals surface area (Å²) in [4.78, 5) is 13.4. The van der Waals surface area contributed by atoms with Gasteiger partial charge >= 0.3 is 0 Å². The average molecular weight is 505 g/mol. The van der Waals surface area contributed by atoms with Crippen LogP contribution in [0.1, 0.15) is 23.6 Å². The molecule has 0 N–H and O–H groups in total. The largest absolute Gasteiger partial charge is 0.497 e. The Balaban J connectivity index is 1.24. The minimum absolute atomic E-state index is 0.147. The first-order chi connectivity index (χ1) is 18.7. The summed E-state index contributed by atoms with van der Waals surface area (Å²) >= 11 is 0. The van der Waals surface area contributed by atoms with Crippen LogP contribution >= 0.6 is 0 Å². The molecule has 1 atom stereocenters. The zero-order chi connectivity index (χ0) is 25.9. The molecule has 0 bridgehead atoms. The molecule has 0 unspecified atom stereocenters. The van der Waals surface area contributed by atoms with Gasteiger partial charge in [-0.2, -0.15) is 5.10 Å². The van der Waals surface area contributed by atoms with Crippen molar-refractivity contribution in [2.75, 3.05) is 13.7 Å². The lowest BCUT2D eigenvalue weighted by Crippen LogP contribution is -2.31. The van der Waals surface area contributed by atoms with Gasteiger partial charge in [-0.05, 0) is 74.8 Å². The van der Waals surface area contributed by atoms with Crippen molar-refractivity contribution in [2.24, 2.45) is 5.10 Å². The van der Waals surface area contributed by atoms with E-state index in [2.05, 4.69) is 45.9 Å². The normalized spacial score (nSPS) is 14.9. The highest BCUT2D eigenvalue weighted by molar-refractivity contribution is 6.05. The highest BCUT2D eigenvalue weighted by atomic mass is 16.5. The molecule has 0 saturated carbocycles. The first-order valence-corrected chi connectivity index (χ1v) is 12.2. The van der Waals surface area contributed by atoms with Crippen LogP contribution < -0.4 is 9.47 Å². The maximum atomic E-state index is 13.4. The molecule has 0 aliphatic carbocycles. The van der Waals surface area contributed by atoms with Crippen molar-refractivity contribution in [3.8, 4) is 17.2 Å². The van der Waals surface area contributed by atoms with Gasteiger partial charge < -0.3 is 9.47 Å². The fraction of sp³-hybridized carbons (Fsp3) is 0.138. The molecule has 4 aromatic carbocycles. The molecule has 38 heavy (non-hydrogen) atoms. The number of hydrazone groups is 1. The molecule has 1 aromatic heterocycles. The summed E-state index contributed by atoms with van der Waals surface area (Å²) < 4.78 is 12.7. The minimum atomic E-state index is -0.249. The first-order valence-electron chi connectivity index (χ1n) is 12.2. The third-order valence-electron chi connectivity index (χ3n) is 6.56. The van der Waals surface area contributed by atoms with E-state index in [0.29, 0.717) is 12.2 Å².